The smallest absolute Gasteiger partial charge is 0.364 e. The lowest BCUT2D eigenvalue weighted by molar-refractivity contribution is -0.362. The van der Waals surface area contributed by atoms with Gasteiger partial charge in [-0.05, 0) is 0 Å². The first-order valence-electron chi connectivity index (χ1n) is 18.9. The number of hydrogen-bond donors (Lipinski definition) is 17. The second kappa shape index (κ2) is 21.6. The van der Waals surface area contributed by atoms with E-state index in [-0.39, 0.29) is 0 Å². The van der Waals surface area contributed by atoms with Crippen molar-refractivity contribution in [1.82, 2.24) is 16.0 Å². The van der Waals surface area contributed by atoms with Gasteiger partial charge in [-0.2, -0.15) is 0 Å². The Morgan fingerprint density at radius 2 is 1.28 bits per heavy atom. The molecule has 0 aromatic heterocycles. The molecule has 4 heterocycles. The molecule has 4 fully saturated rings. The number of nitrogens with one attached hydrogen (secondary N) is 3. The molecule has 0 spiro atoms. The number of aliphatic hydroxyl groups excluding tert-OH is 13. The van der Waals surface area contributed by atoms with Gasteiger partial charge in [-0.15, -0.1) is 0 Å². The maximum absolute atomic E-state index is 12.7. The molecule has 0 aromatic carbocycles. The predicted octanol–water partition coefficient (Wildman–Crippen LogP) is -11.1. The summed E-state index contributed by atoms with van der Waals surface area (Å²) < 4.78 is 39.3. The zero-order valence-corrected chi connectivity index (χ0v) is 32.5. The number of carboxylic acids is 1. The fraction of sp³-hybridized carbons (Fsp3) is 0.879. The van der Waals surface area contributed by atoms with Gasteiger partial charge in [0.05, 0.1) is 38.6 Å². The fourth-order valence-corrected chi connectivity index (χ4v) is 7.34. The van der Waals surface area contributed by atoms with Gasteiger partial charge in [-0.3, -0.25) is 14.4 Å². The predicted molar refractivity (Wildman–Crippen MR) is 187 cm³/mol. The topological polar surface area (TPSA) is 452 Å². The van der Waals surface area contributed by atoms with Gasteiger partial charge in [0, 0.05) is 20.3 Å². The molecule has 28 heteroatoms. The Balaban J connectivity index is 1.62. The summed E-state index contributed by atoms with van der Waals surface area (Å²) in [5.74, 6) is -7.72. The summed E-state index contributed by atoms with van der Waals surface area (Å²) in [6.07, 6.45) is -33.5. The zero-order chi connectivity index (χ0) is 45.7. The molecule has 28 nitrogen and oxygen atoms in total. The minimum absolute atomic E-state index is 0.820. The number of ether oxygens (including phenoxy) is 7. The second-order valence-electron chi connectivity index (χ2n) is 14.8. The van der Waals surface area contributed by atoms with E-state index >= 15 is 0 Å². The van der Waals surface area contributed by atoms with Crippen LogP contribution >= 0.6 is 0 Å². The molecule has 4 saturated heterocycles. The molecule has 0 aromatic rings. The minimum Gasteiger partial charge on any atom is -0.477 e. The lowest BCUT2D eigenvalue weighted by Gasteiger charge is -2.50. The number of amides is 3. The van der Waals surface area contributed by atoms with E-state index in [0.717, 1.165) is 13.8 Å². The molecule has 17 N–H and O–H groups in total. The molecule has 0 saturated carbocycles. The van der Waals surface area contributed by atoms with Crippen LogP contribution in [0, 0.1) is 0 Å². The number of carboxylic acid groups (broad SMARTS) is 1. The van der Waals surface area contributed by atoms with Crippen molar-refractivity contribution in [1.29, 1.82) is 0 Å². The molecule has 4 rings (SSSR count). The van der Waals surface area contributed by atoms with Gasteiger partial charge in [0.15, 0.2) is 18.9 Å². The molecule has 21 atom stereocenters. The first kappa shape index (κ1) is 50.7. The van der Waals surface area contributed by atoms with Crippen LogP contribution in [0.15, 0.2) is 0 Å². The van der Waals surface area contributed by atoms with Crippen molar-refractivity contribution in [3.05, 3.63) is 0 Å². The molecule has 4 aliphatic rings. The minimum atomic E-state index is -2.99. The van der Waals surface area contributed by atoms with Crippen molar-refractivity contribution in [2.24, 2.45) is 0 Å². The Morgan fingerprint density at radius 1 is 0.689 bits per heavy atom. The third kappa shape index (κ3) is 11.4. The van der Waals surface area contributed by atoms with Crippen LogP contribution in [0.3, 0.4) is 0 Å². The van der Waals surface area contributed by atoms with Crippen LogP contribution in [0.1, 0.15) is 20.3 Å². The van der Waals surface area contributed by atoms with Crippen LogP contribution < -0.4 is 16.0 Å². The van der Waals surface area contributed by atoms with Crippen molar-refractivity contribution < 1.29 is 124 Å². The average Bonchev–Trinajstić information content (AvgIpc) is 3.21. The first-order valence-corrected chi connectivity index (χ1v) is 18.9. The van der Waals surface area contributed by atoms with Gasteiger partial charge in [-0.1, -0.05) is 0 Å². The van der Waals surface area contributed by atoms with Crippen LogP contribution in [0.5, 0.6) is 0 Å². The molecule has 0 bridgehead atoms. The summed E-state index contributed by atoms with van der Waals surface area (Å²) in [5.41, 5.74) is 0. The largest absolute Gasteiger partial charge is 0.477 e. The second-order valence-corrected chi connectivity index (χ2v) is 14.8. The number of aliphatic carboxylic acids is 1. The van der Waals surface area contributed by atoms with Crippen LogP contribution in [0.2, 0.25) is 0 Å². The fourth-order valence-electron chi connectivity index (χ4n) is 7.34. The van der Waals surface area contributed by atoms with Gasteiger partial charge in [0.2, 0.25) is 17.7 Å². The molecule has 4 aliphatic heterocycles. The van der Waals surface area contributed by atoms with Gasteiger partial charge >= 0.3 is 5.97 Å². The molecule has 0 radical (unpaired) electrons. The zero-order valence-electron chi connectivity index (χ0n) is 32.5. The average molecular weight is 894 g/mol. The van der Waals surface area contributed by atoms with Gasteiger partial charge in [0.25, 0.3) is 5.79 Å². The van der Waals surface area contributed by atoms with E-state index in [4.69, 9.17) is 33.2 Å². The molecule has 1 unspecified atom stereocenters. The monoisotopic (exact) mass is 893 g/mol. The summed E-state index contributed by atoms with van der Waals surface area (Å²) in [6, 6.07) is -5.14. The molecular weight excluding hydrogens is 838 g/mol. The first-order chi connectivity index (χ1) is 28.6. The number of hydrogen-bond acceptors (Lipinski definition) is 24. The van der Waals surface area contributed by atoms with E-state index in [9.17, 15) is 90.7 Å². The molecule has 3 amide bonds. The Hall–Kier alpha value is -2.92. The summed E-state index contributed by atoms with van der Waals surface area (Å²) in [6.45, 7) is -3.13. The Morgan fingerprint density at radius 3 is 1.84 bits per heavy atom. The van der Waals surface area contributed by atoms with Gasteiger partial charge in [-0.25, -0.2) is 4.79 Å². The van der Waals surface area contributed by atoms with Crippen molar-refractivity contribution in [3.8, 4) is 0 Å². The van der Waals surface area contributed by atoms with E-state index in [1.165, 1.54) is 0 Å². The maximum atomic E-state index is 12.7. The van der Waals surface area contributed by atoms with E-state index < -0.39 is 191 Å². The lowest BCUT2D eigenvalue weighted by atomic mass is 9.88. The number of rotatable bonds is 17. The highest BCUT2D eigenvalue weighted by Gasteiger charge is 2.58. The quantitative estimate of drug-likeness (QED) is 0.0644. The third-order valence-electron chi connectivity index (χ3n) is 10.5. The molecule has 352 valence electrons. The van der Waals surface area contributed by atoms with Crippen molar-refractivity contribution in [3.63, 3.8) is 0 Å². The normalized spacial score (nSPS) is 42.8. The van der Waals surface area contributed by atoms with E-state index in [2.05, 4.69) is 16.0 Å². The highest BCUT2D eigenvalue weighted by atomic mass is 16.8. The SMILES string of the molecule is CC(=O)N[C@H]1[C@H](O[C@H]2[C@@H](O)[C@@H](CO[C@]3(C(=O)O)C[C@H](O)[C@@H](NC(=O)CO)[C@H]([C@H](O)[C@H](O)CO)O3)OC(O)[C@@H]2NC(C)=O)O[C@H](CO)[C@@H](O[C@@H]2O[C@H](CO)[C@H](O)[C@H](O)[C@H]2O)[C@@H]1O. The molecule has 61 heavy (non-hydrogen) atoms. The van der Waals surface area contributed by atoms with E-state index in [1.54, 1.807) is 0 Å². The summed E-state index contributed by atoms with van der Waals surface area (Å²) in [7, 11) is 0. The highest BCUT2D eigenvalue weighted by molar-refractivity contribution is 5.78. The number of carbonyl (C=O) groups excluding carboxylic acids is 3. The van der Waals surface area contributed by atoms with Crippen LogP contribution in [0.4, 0.5) is 0 Å². The van der Waals surface area contributed by atoms with E-state index in [0.29, 0.717) is 0 Å². The third-order valence-corrected chi connectivity index (χ3v) is 10.5. The lowest BCUT2D eigenvalue weighted by Crippen LogP contribution is -2.71. The highest BCUT2D eigenvalue weighted by Crippen LogP contribution is 2.36. The summed E-state index contributed by atoms with van der Waals surface area (Å²) in [5, 5.41) is 152. The van der Waals surface area contributed by atoms with E-state index in [1.807, 2.05) is 0 Å². The molecular formula is C33H55N3O25. The maximum Gasteiger partial charge on any atom is 0.364 e. The van der Waals surface area contributed by atoms with Gasteiger partial charge < -0.3 is 121 Å². The number of aliphatic hydroxyl groups is 13. The van der Waals surface area contributed by atoms with Crippen LogP contribution in [-0.2, 0) is 52.3 Å². The van der Waals surface area contributed by atoms with Crippen LogP contribution in [-0.4, -0.2) is 256 Å². The number of carbonyl (C=O) groups is 4. The Kier molecular flexibility index (Phi) is 18.0. The van der Waals surface area contributed by atoms with Crippen molar-refractivity contribution in [2.45, 2.75) is 149 Å². The van der Waals surface area contributed by atoms with Crippen molar-refractivity contribution in [2.75, 3.05) is 33.0 Å². The van der Waals surface area contributed by atoms with Gasteiger partial charge in [0.1, 0.15) is 98.0 Å². The van der Waals surface area contributed by atoms with Crippen LogP contribution in [0.25, 0.3) is 0 Å². The summed E-state index contributed by atoms with van der Waals surface area (Å²) >= 11 is 0. The Labute approximate surface area is 345 Å². The molecule has 0 aliphatic carbocycles. The summed E-state index contributed by atoms with van der Waals surface area (Å²) in [4.78, 5) is 49.3. The van der Waals surface area contributed by atoms with Crippen molar-refractivity contribution >= 4 is 23.7 Å². The standard InChI is InChI=1S/C33H55N3O25/c1-9(41)34-18-23(49)26(59-31-25(51)24(50)21(47)13(5-38)57-31)14(6-39)58-30(18)60-27-19(35-10(2)42)29(52)56-15(22(27)48)8-55-33(32(53)54)3-11(43)17(36-16(45)7-40)28(61-33)20(46)12(44)4-37/h11-15,17-31,37-40,43-44,46-52H,3-8H2,1-2H3,(H,34,41)(H,35,42)(H,36,45)(H,53,54)/t11-,12+,13+,14+,15+,17+,18+,19+,20+,21-,22-,23+,24-,25+,26+,27+,28+,29?,30-,31-,33+/m0/s1. The Bertz CT molecular complexity index is 1480.